The van der Waals surface area contributed by atoms with Crippen molar-refractivity contribution in [2.24, 2.45) is 23.2 Å². The Bertz CT molecular complexity index is 683. The molecule has 126 valence electrons. The summed E-state index contributed by atoms with van der Waals surface area (Å²) >= 11 is 6.30. The summed E-state index contributed by atoms with van der Waals surface area (Å²) in [6.07, 6.45) is 4.27. The average Bonchev–Trinajstić information content (AvgIpc) is 3.32. The number of aromatic nitrogens is 2. The summed E-state index contributed by atoms with van der Waals surface area (Å²) in [6.45, 7) is 8.26. The summed E-state index contributed by atoms with van der Waals surface area (Å²) in [4.78, 5) is 12.3. The molecule has 3 saturated carbocycles. The van der Waals surface area contributed by atoms with Crippen molar-refractivity contribution in [1.29, 1.82) is 0 Å². The number of ether oxygens (including phenoxy) is 1. The second-order valence-corrected chi connectivity index (χ2v) is 8.40. The van der Waals surface area contributed by atoms with E-state index < -0.39 is 0 Å². The zero-order chi connectivity index (χ0) is 16.4. The highest BCUT2D eigenvalue weighted by atomic mass is 35.5. The molecule has 0 amide bonds. The van der Waals surface area contributed by atoms with E-state index in [-0.39, 0.29) is 16.7 Å². The van der Waals surface area contributed by atoms with E-state index in [0.29, 0.717) is 36.2 Å². The number of epoxide rings is 1. The SMILES string of the molecule is C[C@H]1[C@H](Nc2cnn(C[C@@H]3CO3)c(=O)c2Cl)C[C@H]2C[C@@H]1C2(C)C. The van der Waals surface area contributed by atoms with Crippen LogP contribution in [0.15, 0.2) is 11.0 Å². The number of anilines is 1. The summed E-state index contributed by atoms with van der Waals surface area (Å²) in [6, 6.07) is 0.369. The van der Waals surface area contributed by atoms with Crippen molar-refractivity contribution in [2.45, 2.75) is 52.3 Å². The molecule has 5 atom stereocenters. The van der Waals surface area contributed by atoms with E-state index in [1.807, 2.05) is 0 Å². The van der Waals surface area contributed by atoms with E-state index in [9.17, 15) is 4.79 Å². The summed E-state index contributed by atoms with van der Waals surface area (Å²) < 4.78 is 6.55. The van der Waals surface area contributed by atoms with Crippen molar-refractivity contribution in [3.05, 3.63) is 21.6 Å². The molecule has 1 aromatic heterocycles. The lowest BCUT2D eigenvalue weighted by Crippen LogP contribution is -2.58. The smallest absolute Gasteiger partial charge is 0.287 e. The predicted molar refractivity (Wildman–Crippen MR) is 89.8 cm³/mol. The van der Waals surface area contributed by atoms with Crippen LogP contribution < -0.4 is 10.9 Å². The second-order valence-electron chi connectivity index (χ2n) is 8.02. The van der Waals surface area contributed by atoms with Gasteiger partial charge in [-0.25, -0.2) is 4.68 Å². The van der Waals surface area contributed by atoms with Gasteiger partial charge >= 0.3 is 0 Å². The number of nitrogens with one attached hydrogen (secondary N) is 1. The van der Waals surface area contributed by atoms with E-state index >= 15 is 0 Å². The molecule has 5 rings (SSSR count). The molecule has 1 N–H and O–H groups in total. The second kappa shape index (κ2) is 5.21. The third-order valence-corrected chi connectivity index (χ3v) is 6.82. The fourth-order valence-electron chi connectivity index (χ4n) is 4.60. The van der Waals surface area contributed by atoms with Gasteiger partial charge in [0.25, 0.3) is 5.56 Å². The van der Waals surface area contributed by atoms with Gasteiger partial charge in [0, 0.05) is 6.04 Å². The minimum absolute atomic E-state index is 0.114. The summed E-state index contributed by atoms with van der Waals surface area (Å²) in [5.41, 5.74) is 0.884. The van der Waals surface area contributed by atoms with Gasteiger partial charge in [0.05, 0.1) is 25.0 Å². The molecule has 1 aliphatic heterocycles. The summed E-state index contributed by atoms with van der Waals surface area (Å²) in [5.74, 6) is 2.09. The van der Waals surface area contributed by atoms with Crippen LogP contribution >= 0.6 is 11.6 Å². The molecular formula is C17H24ClN3O2. The van der Waals surface area contributed by atoms with Crippen LogP contribution in [-0.2, 0) is 11.3 Å². The molecule has 0 aromatic carbocycles. The molecule has 23 heavy (non-hydrogen) atoms. The zero-order valence-electron chi connectivity index (χ0n) is 13.9. The Balaban J connectivity index is 1.51. The maximum Gasteiger partial charge on any atom is 0.287 e. The lowest BCUT2D eigenvalue weighted by molar-refractivity contribution is -0.105. The van der Waals surface area contributed by atoms with E-state index in [0.717, 1.165) is 18.3 Å². The zero-order valence-corrected chi connectivity index (χ0v) is 14.6. The minimum Gasteiger partial charge on any atom is -0.379 e. The first-order valence-electron chi connectivity index (χ1n) is 8.51. The van der Waals surface area contributed by atoms with Gasteiger partial charge in [0.2, 0.25) is 0 Å². The number of hydrogen-bond acceptors (Lipinski definition) is 4. The van der Waals surface area contributed by atoms with Crippen molar-refractivity contribution in [3.63, 3.8) is 0 Å². The third-order valence-electron chi connectivity index (χ3n) is 6.46. The van der Waals surface area contributed by atoms with Crippen LogP contribution in [0.5, 0.6) is 0 Å². The molecule has 3 aliphatic carbocycles. The molecule has 1 aromatic rings. The van der Waals surface area contributed by atoms with E-state index in [2.05, 4.69) is 31.2 Å². The molecule has 4 aliphatic rings. The lowest BCUT2D eigenvalue weighted by Gasteiger charge is -2.62. The van der Waals surface area contributed by atoms with Crippen LogP contribution in [-0.4, -0.2) is 28.5 Å². The quantitative estimate of drug-likeness (QED) is 0.858. The maximum atomic E-state index is 12.3. The van der Waals surface area contributed by atoms with Crippen molar-refractivity contribution >= 4 is 17.3 Å². The topological polar surface area (TPSA) is 59.5 Å². The van der Waals surface area contributed by atoms with Crippen molar-refractivity contribution in [3.8, 4) is 0 Å². The number of rotatable bonds is 4. The highest BCUT2D eigenvalue weighted by Crippen LogP contribution is 2.61. The number of nitrogens with zero attached hydrogens (tertiary/aromatic N) is 2. The molecule has 0 spiro atoms. The normalized spacial score (nSPS) is 37.1. The van der Waals surface area contributed by atoms with E-state index in [1.54, 1.807) is 6.20 Å². The third kappa shape index (κ3) is 2.49. The van der Waals surface area contributed by atoms with Gasteiger partial charge < -0.3 is 10.1 Å². The fourth-order valence-corrected chi connectivity index (χ4v) is 4.80. The van der Waals surface area contributed by atoms with Gasteiger partial charge in [-0.05, 0) is 36.0 Å². The van der Waals surface area contributed by atoms with Gasteiger partial charge in [-0.3, -0.25) is 4.79 Å². The standard InChI is InChI=1S/C17H24ClN3O2/c1-9-12-4-10(17(12,2)3)5-13(9)20-14-6-19-21(7-11-8-23-11)16(22)15(14)18/h6,9-13,20H,4-5,7-8H2,1-3H3/t9-,10-,11-,12+,13-/m1/s1. The maximum absolute atomic E-state index is 12.3. The van der Waals surface area contributed by atoms with Crippen LogP contribution in [0.4, 0.5) is 5.69 Å². The molecule has 0 radical (unpaired) electrons. The van der Waals surface area contributed by atoms with Gasteiger partial charge in [-0.15, -0.1) is 0 Å². The fraction of sp³-hybridized carbons (Fsp3) is 0.765. The molecule has 6 heteroatoms. The van der Waals surface area contributed by atoms with Crippen LogP contribution in [0.3, 0.4) is 0 Å². The van der Waals surface area contributed by atoms with Crippen LogP contribution in [0.2, 0.25) is 5.02 Å². The number of fused-ring (bicyclic) bond motifs is 2. The van der Waals surface area contributed by atoms with Crippen LogP contribution in [0.25, 0.3) is 0 Å². The van der Waals surface area contributed by atoms with Gasteiger partial charge in [0.1, 0.15) is 11.1 Å². The molecule has 4 fully saturated rings. The Morgan fingerprint density at radius 2 is 2.22 bits per heavy atom. The van der Waals surface area contributed by atoms with E-state index in [4.69, 9.17) is 16.3 Å². The Kier molecular flexibility index (Phi) is 3.50. The Morgan fingerprint density at radius 3 is 2.83 bits per heavy atom. The Labute approximate surface area is 141 Å². The van der Waals surface area contributed by atoms with Gasteiger partial charge in [-0.1, -0.05) is 32.4 Å². The molecule has 2 heterocycles. The summed E-state index contributed by atoms with van der Waals surface area (Å²) in [7, 11) is 0. The summed E-state index contributed by atoms with van der Waals surface area (Å²) in [5, 5.41) is 7.98. The van der Waals surface area contributed by atoms with Crippen molar-refractivity contribution in [2.75, 3.05) is 11.9 Å². The first-order chi connectivity index (χ1) is 10.9. The van der Waals surface area contributed by atoms with Crippen LogP contribution in [0, 0.1) is 23.2 Å². The monoisotopic (exact) mass is 337 g/mol. The first-order valence-corrected chi connectivity index (χ1v) is 8.89. The predicted octanol–water partition coefficient (Wildman–Crippen LogP) is 2.78. The molecule has 1 saturated heterocycles. The van der Waals surface area contributed by atoms with Crippen molar-refractivity contribution < 1.29 is 4.74 Å². The van der Waals surface area contributed by atoms with Gasteiger partial charge in [0.15, 0.2) is 0 Å². The molecule has 0 unspecified atom stereocenters. The largest absolute Gasteiger partial charge is 0.379 e. The molecular weight excluding hydrogens is 314 g/mol. The number of hydrogen-bond donors (Lipinski definition) is 1. The highest BCUT2D eigenvalue weighted by Gasteiger charge is 2.56. The molecule has 5 nitrogen and oxygen atoms in total. The molecule has 2 bridgehead atoms. The number of halogens is 1. The average molecular weight is 338 g/mol. The lowest BCUT2D eigenvalue weighted by atomic mass is 9.45. The van der Waals surface area contributed by atoms with Crippen molar-refractivity contribution in [1.82, 2.24) is 9.78 Å². The Morgan fingerprint density at radius 1 is 1.48 bits per heavy atom. The van der Waals surface area contributed by atoms with Crippen LogP contribution in [0.1, 0.15) is 33.6 Å². The minimum atomic E-state index is -0.235. The Hall–Kier alpha value is -1.07. The van der Waals surface area contributed by atoms with Gasteiger partial charge in [-0.2, -0.15) is 5.10 Å². The van der Waals surface area contributed by atoms with E-state index in [1.165, 1.54) is 11.1 Å². The highest BCUT2D eigenvalue weighted by molar-refractivity contribution is 6.32. The first kappa shape index (κ1) is 15.5.